The van der Waals surface area contributed by atoms with Crippen molar-refractivity contribution in [3.63, 3.8) is 0 Å². The lowest BCUT2D eigenvalue weighted by Crippen LogP contribution is -2.14. The standard InChI is InChI=1S/C18H17ClN2O3/c1-23-12-3-5-16-14(8-12)11(10-20-16)7-18(22)21-17-6-4-13(24-2)9-15(17)19/h3-6,8-10,20H,7H2,1-2H3,(H,21,22). The molecule has 0 aliphatic rings. The van der Waals surface area contributed by atoms with Crippen LogP contribution in [0.4, 0.5) is 5.69 Å². The number of carbonyl (C=O) groups is 1. The Labute approximate surface area is 144 Å². The number of ether oxygens (including phenoxy) is 2. The van der Waals surface area contributed by atoms with Gasteiger partial charge in [0, 0.05) is 23.2 Å². The molecule has 0 saturated carbocycles. The Morgan fingerprint density at radius 2 is 1.83 bits per heavy atom. The Hall–Kier alpha value is -2.66. The summed E-state index contributed by atoms with van der Waals surface area (Å²) in [5, 5.41) is 4.22. The van der Waals surface area contributed by atoms with E-state index in [1.807, 2.05) is 24.4 Å². The molecule has 1 aromatic heterocycles. The maximum absolute atomic E-state index is 12.3. The van der Waals surface area contributed by atoms with Crippen LogP contribution < -0.4 is 14.8 Å². The van der Waals surface area contributed by atoms with Crippen molar-refractivity contribution in [1.29, 1.82) is 0 Å². The molecule has 0 unspecified atom stereocenters. The number of benzene rings is 2. The van der Waals surface area contributed by atoms with Gasteiger partial charge in [0.05, 0.1) is 31.4 Å². The van der Waals surface area contributed by atoms with Crippen LogP contribution in [-0.4, -0.2) is 25.1 Å². The van der Waals surface area contributed by atoms with Crippen molar-refractivity contribution in [1.82, 2.24) is 4.98 Å². The maximum atomic E-state index is 12.3. The van der Waals surface area contributed by atoms with Gasteiger partial charge in [-0.05, 0) is 35.9 Å². The van der Waals surface area contributed by atoms with Crippen LogP contribution in [0.2, 0.25) is 5.02 Å². The van der Waals surface area contributed by atoms with Crippen LogP contribution in [0.5, 0.6) is 11.5 Å². The summed E-state index contributed by atoms with van der Waals surface area (Å²) in [7, 11) is 3.18. The van der Waals surface area contributed by atoms with Crippen LogP contribution in [0.25, 0.3) is 10.9 Å². The van der Waals surface area contributed by atoms with Gasteiger partial charge in [0.1, 0.15) is 11.5 Å². The van der Waals surface area contributed by atoms with Gasteiger partial charge in [0.25, 0.3) is 0 Å². The van der Waals surface area contributed by atoms with Crippen LogP contribution in [0.15, 0.2) is 42.6 Å². The van der Waals surface area contributed by atoms with E-state index in [1.54, 1.807) is 32.4 Å². The van der Waals surface area contributed by atoms with Gasteiger partial charge in [-0.2, -0.15) is 0 Å². The monoisotopic (exact) mass is 344 g/mol. The number of anilines is 1. The Bertz CT molecular complexity index is 889. The highest BCUT2D eigenvalue weighted by Crippen LogP contribution is 2.27. The van der Waals surface area contributed by atoms with Gasteiger partial charge < -0.3 is 19.8 Å². The Morgan fingerprint density at radius 1 is 1.12 bits per heavy atom. The summed E-state index contributed by atoms with van der Waals surface area (Å²) in [6, 6.07) is 10.8. The zero-order valence-electron chi connectivity index (χ0n) is 13.4. The van der Waals surface area contributed by atoms with Crippen LogP contribution in [0.3, 0.4) is 0 Å². The molecular formula is C18H17ClN2O3. The van der Waals surface area contributed by atoms with Gasteiger partial charge in [0.15, 0.2) is 0 Å². The van der Waals surface area contributed by atoms with Gasteiger partial charge in [-0.25, -0.2) is 0 Å². The Morgan fingerprint density at radius 3 is 2.54 bits per heavy atom. The highest BCUT2D eigenvalue weighted by atomic mass is 35.5. The molecule has 3 aromatic rings. The molecule has 0 aliphatic carbocycles. The van der Waals surface area contributed by atoms with Crippen molar-refractivity contribution < 1.29 is 14.3 Å². The predicted octanol–water partition coefficient (Wildman–Crippen LogP) is 4.02. The largest absolute Gasteiger partial charge is 0.497 e. The van der Waals surface area contributed by atoms with Gasteiger partial charge in [-0.3, -0.25) is 4.79 Å². The molecule has 2 N–H and O–H groups in total. The number of rotatable bonds is 5. The SMILES string of the molecule is COc1ccc(NC(=O)Cc2c[nH]c3ccc(OC)cc23)c(Cl)c1. The molecule has 0 saturated heterocycles. The predicted molar refractivity (Wildman–Crippen MR) is 95.2 cm³/mol. The highest BCUT2D eigenvalue weighted by molar-refractivity contribution is 6.33. The second-order valence-corrected chi connectivity index (χ2v) is 5.70. The number of hydrogen-bond donors (Lipinski definition) is 2. The molecule has 124 valence electrons. The first kappa shape index (κ1) is 16.2. The number of fused-ring (bicyclic) bond motifs is 1. The van der Waals surface area contributed by atoms with E-state index in [4.69, 9.17) is 21.1 Å². The summed E-state index contributed by atoms with van der Waals surface area (Å²) >= 11 is 6.15. The molecule has 0 radical (unpaired) electrons. The molecule has 1 heterocycles. The molecule has 0 atom stereocenters. The lowest BCUT2D eigenvalue weighted by molar-refractivity contribution is -0.115. The van der Waals surface area contributed by atoms with Gasteiger partial charge in [0.2, 0.25) is 5.91 Å². The van der Waals surface area contributed by atoms with Crippen molar-refractivity contribution in [3.05, 3.63) is 53.2 Å². The summed E-state index contributed by atoms with van der Waals surface area (Å²) in [4.78, 5) is 15.5. The van der Waals surface area contributed by atoms with E-state index in [0.29, 0.717) is 16.5 Å². The van der Waals surface area contributed by atoms with Gasteiger partial charge in [-0.15, -0.1) is 0 Å². The number of H-pyrrole nitrogens is 1. The van der Waals surface area contributed by atoms with E-state index < -0.39 is 0 Å². The third kappa shape index (κ3) is 3.31. The lowest BCUT2D eigenvalue weighted by Gasteiger charge is -2.08. The second-order valence-electron chi connectivity index (χ2n) is 5.30. The molecule has 2 aromatic carbocycles. The van der Waals surface area contributed by atoms with Crippen molar-refractivity contribution in [3.8, 4) is 11.5 Å². The van der Waals surface area contributed by atoms with E-state index >= 15 is 0 Å². The number of nitrogens with one attached hydrogen (secondary N) is 2. The zero-order chi connectivity index (χ0) is 17.1. The minimum Gasteiger partial charge on any atom is -0.497 e. The van der Waals surface area contributed by atoms with E-state index in [0.717, 1.165) is 22.2 Å². The topological polar surface area (TPSA) is 63.3 Å². The van der Waals surface area contributed by atoms with E-state index in [2.05, 4.69) is 10.3 Å². The Kier molecular flexibility index (Phi) is 4.62. The van der Waals surface area contributed by atoms with Crippen LogP contribution in [0, 0.1) is 0 Å². The smallest absolute Gasteiger partial charge is 0.228 e. The number of carbonyl (C=O) groups excluding carboxylic acids is 1. The van der Waals surface area contributed by atoms with Gasteiger partial charge in [-0.1, -0.05) is 11.6 Å². The minimum absolute atomic E-state index is 0.147. The van der Waals surface area contributed by atoms with Crippen molar-refractivity contribution in [2.45, 2.75) is 6.42 Å². The fourth-order valence-electron chi connectivity index (χ4n) is 2.52. The molecule has 24 heavy (non-hydrogen) atoms. The summed E-state index contributed by atoms with van der Waals surface area (Å²) in [6.45, 7) is 0. The molecule has 1 amide bonds. The first-order chi connectivity index (χ1) is 11.6. The first-order valence-electron chi connectivity index (χ1n) is 7.38. The molecular weight excluding hydrogens is 328 g/mol. The first-order valence-corrected chi connectivity index (χ1v) is 7.76. The Balaban J connectivity index is 1.77. The number of aromatic nitrogens is 1. The third-order valence-electron chi connectivity index (χ3n) is 3.78. The van der Waals surface area contributed by atoms with Gasteiger partial charge >= 0.3 is 0 Å². The highest BCUT2D eigenvalue weighted by Gasteiger charge is 2.12. The summed E-state index contributed by atoms with van der Waals surface area (Å²) in [6.07, 6.45) is 2.06. The number of hydrogen-bond acceptors (Lipinski definition) is 3. The average molecular weight is 345 g/mol. The van der Waals surface area contributed by atoms with Crippen LogP contribution in [-0.2, 0) is 11.2 Å². The summed E-state index contributed by atoms with van der Waals surface area (Å²) < 4.78 is 10.3. The third-order valence-corrected chi connectivity index (χ3v) is 4.09. The molecule has 0 bridgehead atoms. The van der Waals surface area contributed by atoms with E-state index in [9.17, 15) is 4.79 Å². The number of aromatic amines is 1. The van der Waals surface area contributed by atoms with Crippen LogP contribution >= 0.6 is 11.6 Å². The second kappa shape index (κ2) is 6.84. The lowest BCUT2D eigenvalue weighted by atomic mass is 10.1. The van der Waals surface area contributed by atoms with Crippen molar-refractivity contribution >= 4 is 34.1 Å². The molecule has 6 heteroatoms. The molecule has 0 aliphatic heterocycles. The van der Waals surface area contributed by atoms with Crippen LogP contribution in [0.1, 0.15) is 5.56 Å². The number of amides is 1. The van der Waals surface area contributed by atoms with E-state index in [1.165, 1.54) is 0 Å². The quantitative estimate of drug-likeness (QED) is 0.734. The fraction of sp³-hybridized carbons (Fsp3) is 0.167. The molecule has 0 fully saturated rings. The fourth-order valence-corrected chi connectivity index (χ4v) is 2.74. The normalized spacial score (nSPS) is 10.6. The minimum atomic E-state index is -0.147. The van der Waals surface area contributed by atoms with E-state index in [-0.39, 0.29) is 12.3 Å². The summed E-state index contributed by atoms with van der Waals surface area (Å²) in [5.41, 5.74) is 2.41. The zero-order valence-corrected chi connectivity index (χ0v) is 14.1. The average Bonchev–Trinajstić information content (AvgIpc) is 2.98. The maximum Gasteiger partial charge on any atom is 0.228 e. The van der Waals surface area contributed by atoms with Crippen molar-refractivity contribution in [2.75, 3.05) is 19.5 Å². The molecule has 0 spiro atoms. The molecule has 5 nitrogen and oxygen atoms in total. The summed E-state index contributed by atoms with van der Waals surface area (Å²) in [5.74, 6) is 1.24. The molecule has 3 rings (SSSR count). The number of halogens is 1. The van der Waals surface area contributed by atoms with Crippen molar-refractivity contribution in [2.24, 2.45) is 0 Å². The number of methoxy groups -OCH3 is 2.